The monoisotopic (exact) mass is 357 g/mol. The summed E-state index contributed by atoms with van der Waals surface area (Å²) in [6, 6.07) is 6.18. The van der Waals surface area contributed by atoms with Crippen molar-refractivity contribution in [3.05, 3.63) is 41.1 Å². The largest absolute Gasteiger partial charge is 0.481 e. The number of halogens is 3. The van der Waals surface area contributed by atoms with Gasteiger partial charge in [-0.2, -0.15) is 13.2 Å². The first-order valence-electron chi connectivity index (χ1n) is 6.81. The number of nitrogens with zero attached hydrogens (tertiary/aromatic N) is 2. The van der Waals surface area contributed by atoms with Crippen molar-refractivity contribution in [3.63, 3.8) is 0 Å². The number of benzene rings is 1. The van der Waals surface area contributed by atoms with Gasteiger partial charge in [-0.15, -0.1) is 0 Å². The molecule has 0 aliphatic rings. The molecule has 0 spiro atoms. The number of carboxylic acids is 1. The van der Waals surface area contributed by atoms with Gasteiger partial charge in [0.25, 0.3) is 0 Å². The van der Waals surface area contributed by atoms with Crippen molar-refractivity contribution in [3.8, 4) is 0 Å². The Balaban J connectivity index is 2.38. The molecular formula is C15H14F3N3O2S. The van der Waals surface area contributed by atoms with Crippen LogP contribution in [0.25, 0.3) is 0 Å². The molecule has 0 saturated heterocycles. The maximum absolute atomic E-state index is 13.0. The van der Waals surface area contributed by atoms with Crippen molar-refractivity contribution in [2.45, 2.75) is 25.2 Å². The molecule has 0 aliphatic heterocycles. The van der Waals surface area contributed by atoms with E-state index in [0.29, 0.717) is 17.4 Å². The maximum atomic E-state index is 13.0. The molecule has 0 saturated carbocycles. The van der Waals surface area contributed by atoms with Crippen LogP contribution in [0.1, 0.15) is 16.8 Å². The summed E-state index contributed by atoms with van der Waals surface area (Å²) in [6.07, 6.45) is -4.65. The zero-order chi connectivity index (χ0) is 17.9. The SMILES string of the molecule is Cc1cccc(Nc2cc(C(F)(F)F)nc(SCC(=O)O)n2)c1C. The molecule has 0 unspecified atom stereocenters. The minimum atomic E-state index is -4.65. The number of aryl methyl sites for hydroxylation is 1. The average molecular weight is 357 g/mol. The average Bonchev–Trinajstić information content (AvgIpc) is 2.49. The number of anilines is 2. The Kier molecular flexibility index (Phi) is 5.33. The molecule has 1 heterocycles. The topological polar surface area (TPSA) is 75.1 Å². The zero-order valence-electron chi connectivity index (χ0n) is 12.8. The molecule has 128 valence electrons. The summed E-state index contributed by atoms with van der Waals surface area (Å²) >= 11 is 0.629. The van der Waals surface area contributed by atoms with Gasteiger partial charge in [-0.05, 0) is 31.0 Å². The number of carbonyl (C=O) groups is 1. The third-order valence-electron chi connectivity index (χ3n) is 3.19. The molecule has 0 atom stereocenters. The standard InChI is InChI=1S/C15H14F3N3O2S/c1-8-4-3-5-10(9(8)2)19-12-6-11(15(16,17)18)20-14(21-12)24-7-13(22)23/h3-6H,7H2,1-2H3,(H,22,23)(H,19,20,21). The number of hydrogen-bond acceptors (Lipinski definition) is 5. The Hall–Kier alpha value is -2.29. The molecule has 0 radical (unpaired) electrons. The smallest absolute Gasteiger partial charge is 0.433 e. The summed E-state index contributed by atoms with van der Waals surface area (Å²) in [6.45, 7) is 3.72. The lowest BCUT2D eigenvalue weighted by molar-refractivity contribution is -0.141. The first kappa shape index (κ1) is 18.1. The number of rotatable bonds is 5. The van der Waals surface area contributed by atoms with Crippen LogP contribution in [0.2, 0.25) is 0 Å². The number of carboxylic acid groups (broad SMARTS) is 1. The van der Waals surface area contributed by atoms with Gasteiger partial charge in [-0.3, -0.25) is 4.79 Å². The first-order valence-corrected chi connectivity index (χ1v) is 7.79. The van der Waals surface area contributed by atoms with E-state index in [1.165, 1.54) is 0 Å². The predicted molar refractivity (Wildman–Crippen MR) is 84.6 cm³/mol. The fourth-order valence-corrected chi connectivity index (χ4v) is 2.43. The summed E-state index contributed by atoms with van der Waals surface area (Å²) in [5.41, 5.74) is 1.35. The van der Waals surface area contributed by atoms with Crippen LogP contribution in [0, 0.1) is 13.8 Å². The number of hydrogen-bond donors (Lipinski definition) is 2. The highest BCUT2D eigenvalue weighted by molar-refractivity contribution is 7.99. The van der Waals surface area contributed by atoms with Crippen LogP contribution in [0.3, 0.4) is 0 Å². The fourth-order valence-electron chi connectivity index (χ4n) is 1.85. The quantitative estimate of drug-likeness (QED) is 0.622. The molecule has 2 aromatic rings. The Morgan fingerprint density at radius 2 is 2.00 bits per heavy atom. The van der Waals surface area contributed by atoms with Crippen LogP contribution in [-0.4, -0.2) is 26.8 Å². The van der Waals surface area contributed by atoms with Crippen molar-refractivity contribution >= 4 is 29.2 Å². The molecule has 0 bridgehead atoms. The maximum Gasteiger partial charge on any atom is 0.433 e. The van der Waals surface area contributed by atoms with Crippen LogP contribution in [0.15, 0.2) is 29.4 Å². The van der Waals surface area contributed by atoms with Gasteiger partial charge in [0.15, 0.2) is 10.9 Å². The summed E-state index contributed by atoms with van der Waals surface area (Å²) in [7, 11) is 0. The van der Waals surface area contributed by atoms with Gasteiger partial charge >= 0.3 is 12.1 Å². The molecular weight excluding hydrogens is 343 g/mol. The first-order chi connectivity index (χ1) is 11.2. The number of thioether (sulfide) groups is 1. The number of aliphatic carboxylic acids is 1. The van der Waals surface area contributed by atoms with E-state index in [-0.39, 0.29) is 11.0 Å². The lowest BCUT2D eigenvalue weighted by Crippen LogP contribution is -2.11. The van der Waals surface area contributed by atoms with E-state index in [4.69, 9.17) is 5.11 Å². The highest BCUT2D eigenvalue weighted by Gasteiger charge is 2.34. The second-order valence-electron chi connectivity index (χ2n) is 4.97. The second kappa shape index (κ2) is 7.08. The van der Waals surface area contributed by atoms with E-state index in [1.54, 1.807) is 12.1 Å². The molecule has 1 aromatic heterocycles. The highest BCUT2D eigenvalue weighted by Crippen LogP contribution is 2.32. The van der Waals surface area contributed by atoms with E-state index in [9.17, 15) is 18.0 Å². The van der Waals surface area contributed by atoms with Crippen molar-refractivity contribution in [1.82, 2.24) is 9.97 Å². The van der Waals surface area contributed by atoms with Crippen LogP contribution in [0.4, 0.5) is 24.7 Å². The Morgan fingerprint density at radius 3 is 2.62 bits per heavy atom. The van der Waals surface area contributed by atoms with Gasteiger partial charge in [0, 0.05) is 11.8 Å². The summed E-state index contributed by atoms with van der Waals surface area (Å²) in [5, 5.41) is 11.3. The summed E-state index contributed by atoms with van der Waals surface area (Å²) < 4.78 is 39.0. The summed E-state index contributed by atoms with van der Waals surface area (Å²) in [5.74, 6) is -1.63. The van der Waals surface area contributed by atoms with E-state index < -0.39 is 23.6 Å². The molecule has 0 amide bonds. The van der Waals surface area contributed by atoms with Crippen molar-refractivity contribution in [2.24, 2.45) is 0 Å². The molecule has 0 fully saturated rings. The Bertz CT molecular complexity index is 766. The minimum absolute atomic E-state index is 0.0427. The highest BCUT2D eigenvalue weighted by atomic mass is 32.2. The minimum Gasteiger partial charge on any atom is -0.481 e. The van der Waals surface area contributed by atoms with Crippen molar-refractivity contribution < 1.29 is 23.1 Å². The van der Waals surface area contributed by atoms with Crippen LogP contribution >= 0.6 is 11.8 Å². The molecule has 2 N–H and O–H groups in total. The van der Waals surface area contributed by atoms with Gasteiger partial charge in [-0.25, -0.2) is 9.97 Å². The summed E-state index contributed by atoms with van der Waals surface area (Å²) in [4.78, 5) is 17.9. The molecule has 2 rings (SSSR count). The fraction of sp³-hybridized carbons (Fsp3) is 0.267. The van der Waals surface area contributed by atoms with E-state index in [0.717, 1.165) is 17.2 Å². The molecule has 9 heteroatoms. The van der Waals surface area contributed by atoms with Gasteiger partial charge in [0.2, 0.25) is 0 Å². The van der Waals surface area contributed by atoms with Gasteiger partial charge in [0.1, 0.15) is 5.82 Å². The molecule has 0 aliphatic carbocycles. The van der Waals surface area contributed by atoms with E-state index in [1.807, 2.05) is 19.9 Å². The number of nitrogens with one attached hydrogen (secondary N) is 1. The molecule has 5 nitrogen and oxygen atoms in total. The number of aromatic nitrogens is 2. The Labute approximate surface area is 140 Å². The van der Waals surface area contributed by atoms with E-state index >= 15 is 0 Å². The third-order valence-corrected chi connectivity index (χ3v) is 4.02. The normalized spacial score (nSPS) is 11.4. The third kappa shape index (κ3) is 4.60. The molecule has 24 heavy (non-hydrogen) atoms. The zero-order valence-corrected chi connectivity index (χ0v) is 13.6. The van der Waals surface area contributed by atoms with Gasteiger partial charge in [-0.1, -0.05) is 23.9 Å². The van der Waals surface area contributed by atoms with Gasteiger partial charge in [0.05, 0.1) is 5.75 Å². The van der Waals surface area contributed by atoms with Crippen molar-refractivity contribution in [1.29, 1.82) is 0 Å². The van der Waals surface area contributed by atoms with Crippen LogP contribution in [0.5, 0.6) is 0 Å². The Morgan fingerprint density at radius 1 is 1.29 bits per heavy atom. The van der Waals surface area contributed by atoms with Gasteiger partial charge < -0.3 is 10.4 Å². The lowest BCUT2D eigenvalue weighted by Gasteiger charge is -2.13. The molecule has 1 aromatic carbocycles. The van der Waals surface area contributed by atoms with Crippen molar-refractivity contribution in [2.75, 3.05) is 11.1 Å². The van der Waals surface area contributed by atoms with E-state index in [2.05, 4.69) is 15.3 Å². The van der Waals surface area contributed by atoms with Crippen LogP contribution in [-0.2, 0) is 11.0 Å². The van der Waals surface area contributed by atoms with Crippen LogP contribution < -0.4 is 5.32 Å². The second-order valence-corrected chi connectivity index (χ2v) is 5.92. The predicted octanol–water partition coefficient (Wildman–Crippen LogP) is 4.03. The number of alkyl halides is 3. The lowest BCUT2D eigenvalue weighted by atomic mass is 10.1.